The van der Waals surface area contributed by atoms with E-state index in [0.717, 1.165) is 11.4 Å². The molecule has 0 bridgehead atoms. The molecule has 100 valence electrons. The van der Waals surface area contributed by atoms with E-state index in [-0.39, 0.29) is 5.54 Å². The van der Waals surface area contributed by atoms with Crippen molar-refractivity contribution in [1.29, 1.82) is 0 Å². The third kappa shape index (κ3) is 3.50. The lowest BCUT2D eigenvalue weighted by atomic mass is 10.0. The Hall–Kier alpha value is -1.96. The minimum atomic E-state index is 0.00257. The minimum absolute atomic E-state index is 0.00257. The number of benzene rings is 2. The van der Waals surface area contributed by atoms with Crippen LogP contribution in [-0.2, 0) is 0 Å². The van der Waals surface area contributed by atoms with E-state index in [9.17, 15) is 0 Å². The van der Waals surface area contributed by atoms with Gasteiger partial charge >= 0.3 is 0 Å². The molecule has 0 aromatic heterocycles. The number of rotatable bonds is 3. The van der Waals surface area contributed by atoms with Crippen LogP contribution in [0.15, 0.2) is 48.5 Å². The Kier molecular flexibility index (Phi) is 3.79. The van der Waals surface area contributed by atoms with Gasteiger partial charge in [-0.3, -0.25) is 0 Å². The fraction of sp³-hybridized carbons (Fsp3) is 0.294. The third-order valence-electron chi connectivity index (χ3n) is 2.82. The van der Waals surface area contributed by atoms with Gasteiger partial charge in [-0.15, -0.1) is 0 Å². The molecule has 2 heteroatoms. The predicted octanol–water partition coefficient (Wildman–Crippen LogP) is 4.57. The van der Waals surface area contributed by atoms with Crippen molar-refractivity contribution in [3.8, 4) is 16.9 Å². The van der Waals surface area contributed by atoms with Crippen LogP contribution < -0.4 is 10.1 Å². The highest BCUT2D eigenvalue weighted by molar-refractivity contribution is 5.72. The van der Waals surface area contributed by atoms with E-state index >= 15 is 0 Å². The molecule has 0 amide bonds. The molecule has 0 unspecified atom stereocenters. The molecule has 0 saturated carbocycles. The zero-order chi connectivity index (χ0) is 13.9. The summed E-state index contributed by atoms with van der Waals surface area (Å²) in [6.45, 7) is 6.42. The Labute approximate surface area is 115 Å². The van der Waals surface area contributed by atoms with Gasteiger partial charge in [0.15, 0.2) is 0 Å². The lowest BCUT2D eigenvalue weighted by Crippen LogP contribution is -2.26. The summed E-state index contributed by atoms with van der Waals surface area (Å²) < 4.78 is 5.42. The first kappa shape index (κ1) is 13.5. The minimum Gasteiger partial charge on any atom is -0.495 e. The molecule has 0 radical (unpaired) electrons. The topological polar surface area (TPSA) is 21.3 Å². The van der Waals surface area contributed by atoms with Crippen molar-refractivity contribution in [2.75, 3.05) is 12.4 Å². The molecule has 0 saturated heterocycles. The average Bonchev–Trinajstić information content (AvgIpc) is 2.38. The largest absolute Gasteiger partial charge is 0.495 e. The normalized spacial score (nSPS) is 11.2. The molecule has 1 N–H and O–H groups in total. The van der Waals surface area contributed by atoms with Crippen molar-refractivity contribution in [3.05, 3.63) is 48.5 Å². The van der Waals surface area contributed by atoms with Crippen LogP contribution in [0.4, 0.5) is 5.69 Å². The maximum absolute atomic E-state index is 5.42. The van der Waals surface area contributed by atoms with Crippen molar-refractivity contribution in [1.82, 2.24) is 0 Å². The molecule has 2 aromatic carbocycles. The first-order valence-corrected chi connectivity index (χ1v) is 6.51. The van der Waals surface area contributed by atoms with Crippen LogP contribution in [0.3, 0.4) is 0 Å². The van der Waals surface area contributed by atoms with Crippen molar-refractivity contribution in [2.24, 2.45) is 0 Å². The molecule has 0 aliphatic rings. The van der Waals surface area contributed by atoms with Gasteiger partial charge in [0, 0.05) is 5.54 Å². The Morgan fingerprint density at radius 3 is 2.16 bits per heavy atom. The van der Waals surface area contributed by atoms with E-state index in [1.165, 1.54) is 11.1 Å². The van der Waals surface area contributed by atoms with Crippen LogP contribution in [0.5, 0.6) is 5.75 Å². The summed E-state index contributed by atoms with van der Waals surface area (Å²) in [5, 5.41) is 3.49. The van der Waals surface area contributed by atoms with Crippen LogP contribution >= 0.6 is 0 Å². The summed E-state index contributed by atoms with van der Waals surface area (Å²) in [6, 6.07) is 16.6. The number of ether oxygens (including phenoxy) is 1. The molecule has 0 aliphatic carbocycles. The van der Waals surface area contributed by atoms with Gasteiger partial charge in [0.1, 0.15) is 5.75 Å². The van der Waals surface area contributed by atoms with Gasteiger partial charge < -0.3 is 10.1 Å². The second kappa shape index (κ2) is 5.35. The van der Waals surface area contributed by atoms with E-state index < -0.39 is 0 Å². The van der Waals surface area contributed by atoms with Crippen molar-refractivity contribution >= 4 is 5.69 Å². The summed E-state index contributed by atoms with van der Waals surface area (Å²) in [7, 11) is 1.70. The maximum atomic E-state index is 5.42. The quantitative estimate of drug-likeness (QED) is 0.867. The highest BCUT2D eigenvalue weighted by Crippen LogP contribution is 2.32. The molecular weight excluding hydrogens is 234 g/mol. The fourth-order valence-electron chi connectivity index (χ4n) is 2.02. The highest BCUT2D eigenvalue weighted by atomic mass is 16.5. The lowest BCUT2D eigenvalue weighted by molar-refractivity contribution is 0.415. The standard InChI is InChI=1S/C17H21NO/c1-17(2,3)18-15-12-14(10-11-16(15)19-4)13-8-6-5-7-9-13/h5-12,18H,1-4H3. The van der Waals surface area contributed by atoms with Gasteiger partial charge in [-0.25, -0.2) is 0 Å². The van der Waals surface area contributed by atoms with E-state index in [1.807, 2.05) is 12.1 Å². The van der Waals surface area contributed by atoms with Gasteiger partial charge in [-0.05, 0) is 44.0 Å². The van der Waals surface area contributed by atoms with E-state index in [2.05, 4.69) is 62.5 Å². The molecule has 2 rings (SSSR count). The van der Waals surface area contributed by atoms with Gasteiger partial charge in [0.2, 0.25) is 0 Å². The lowest BCUT2D eigenvalue weighted by Gasteiger charge is -2.24. The zero-order valence-electron chi connectivity index (χ0n) is 12.0. The summed E-state index contributed by atoms with van der Waals surface area (Å²) in [6.07, 6.45) is 0. The summed E-state index contributed by atoms with van der Waals surface area (Å²) in [5.41, 5.74) is 3.43. The SMILES string of the molecule is COc1ccc(-c2ccccc2)cc1NC(C)(C)C. The molecule has 0 atom stereocenters. The van der Waals surface area contributed by atoms with Crippen LogP contribution in [0, 0.1) is 0 Å². The predicted molar refractivity (Wildman–Crippen MR) is 81.8 cm³/mol. The van der Waals surface area contributed by atoms with E-state index in [4.69, 9.17) is 4.74 Å². The molecule has 19 heavy (non-hydrogen) atoms. The van der Waals surface area contributed by atoms with Gasteiger partial charge in [0.25, 0.3) is 0 Å². The monoisotopic (exact) mass is 255 g/mol. The number of methoxy groups -OCH3 is 1. The Bertz CT molecular complexity index is 541. The number of hydrogen-bond donors (Lipinski definition) is 1. The molecule has 0 spiro atoms. The summed E-state index contributed by atoms with van der Waals surface area (Å²) in [4.78, 5) is 0. The average molecular weight is 255 g/mol. The molecule has 2 nitrogen and oxygen atoms in total. The van der Waals surface area contributed by atoms with E-state index in [0.29, 0.717) is 0 Å². The van der Waals surface area contributed by atoms with E-state index in [1.54, 1.807) is 7.11 Å². The van der Waals surface area contributed by atoms with Gasteiger partial charge in [-0.1, -0.05) is 36.4 Å². The number of hydrogen-bond acceptors (Lipinski definition) is 2. The number of nitrogens with one attached hydrogen (secondary N) is 1. The van der Waals surface area contributed by atoms with Gasteiger partial charge in [0.05, 0.1) is 12.8 Å². The first-order chi connectivity index (χ1) is 8.99. The van der Waals surface area contributed by atoms with Crippen LogP contribution in [0.25, 0.3) is 11.1 Å². The second-order valence-corrected chi connectivity index (χ2v) is 5.66. The number of anilines is 1. The summed E-state index contributed by atoms with van der Waals surface area (Å²) in [5.74, 6) is 0.870. The Morgan fingerprint density at radius 1 is 0.895 bits per heavy atom. The van der Waals surface area contributed by atoms with Crippen molar-refractivity contribution in [3.63, 3.8) is 0 Å². The third-order valence-corrected chi connectivity index (χ3v) is 2.82. The first-order valence-electron chi connectivity index (χ1n) is 6.51. The zero-order valence-corrected chi connectivity index (χ0v) is 12.0. The molecule has 0 fully saturated rings. The summed E-state index contributed by atoms with van der Waals surface area (Å²) >= 11 is 0. The maximum Gasteiger partial charge on any atom is 0.142 e. The molecule has 2 aromatic rings. The Morgan fingerprint density at radius 2 is 1.58 bits per heavy atom. The highest BCUT2D eigenvalue weighted by Gasteiger charge is 2.13. The molecule has 0 heterocycles. The second-order valence-electron chi connectivity index (χ2n) is 5.66. The van der Waals surface area contributed by atoms with Gasteiger partial charge in [-0.2, -0.15) is 0 Å². The Balaban J connectivity index is 2.41. The fourth-order valence-corrected chi connectivity index (χ4v) is 2.02. The van der Waals surface area contributed by atoms with Crippen molar-refractivity contribution < 1.29 is 4.74 Å². The van der Waals surface area contributed by atoms with Crippen LogP contribution in [-0.4, -0.2) is 12.6 Å². The van der Waals surface area contributed by atoms with Crippen LogP contribution in [0.1, 0.15) is 20.8 Å². The smallest absolute Gasteiger partial charge is 0.142 e. The van der Waals surface area contributed by atoms with Crippen molar-refractivity contribution in [2.45, 2.75) is 26.3 Å². The molecular formula is C17H21NO. The molecule has 0 aliphatic heterocycles. The van der Waals surface area contributed by atoms with Crippen LogP contribution in [0.2, 0.25) is 0 Å².